The molecule has 0 bridgehead atoms. The highest BCUT2D eigenvalue weighted by atomic mass is 15.2. The largest absolute Gasteiger partial charge is 0.305 e. The van der Waals surface area contributed by atoms with Crippen LogP contribution in [-0.4, -0.2) is 25.0 Å². The van der Waals surface area contributed by atoms with Gasteiger partial charge in [0.1, 0.15) is 0 Å². The Morgan fingerprint density at radius 3 is 2.67 bits per heavy atom. The van der Waals surface area contributed by atoms with Crippen LogP contribution in [0.1, 0.15) is 33.1 Å². The summed E-state index contributed by atoms with van der Waals surface area (Å²) in [4.78, 5) is 2.47. The van der Waals surface area contributed by atoms with Crippen LogP contribution in [0.2, 0.25) is 0 Å². The zero-order valence-corrected chi connectivity index (χ0v) is 10.5. The fourth-order valence-electron chi connectivity index (χ4n) is 3.92. The van der Waals surface area contributed by atoms with E-state index in [-0.39, 0.29) is 0 Å². The second-order valence-electron chi connectivity index (χ2n) is 6.11. The number of allylic oxidation sites excluding steroid dienone is 1. The van der Waals surface area contributed by atoms with Crippen molar-refractivity contribution in [1.29, 1.82) is 0 Å². The lowest BCUT2D eigenvalue weighted by atomic mass is 9.49. The van der Waals surface area contributed by atoms with Gasteiger partial charge in [0.15, 0.2) is 0 Å². The summed E-state index contributed by atoms with van der Waals surface area (Å²) in [6.07, 6.45) is 6.33. The molecule has 0 radical (unpaired) electrons. The Labute approximate surface area is 94.5 Å². The first-order chi connectivity index (χ1) is 7.07. The van der Waals surface area contributed by atoms with Crippen LogP contribution in [0.4, 0.5) is 0 Å². The molecule has 1 saturated carbocycles. The van der Waals surface area contributed by atoms with E-state index in [0.717, 1.165) is 17.3 Å². The van der Waals surface area contributed by atoms with E-state index in [2.05, 4.69) is 38.5 Å². The molecule has 1 aliphatic heterocycles. The number of hydrogen-bond donors (Lipinski definition) is 0. The maximum Gasteiger partial charge on any atom is 0.00503 e. The van der Waals surface area contributed by atoms with Crippen molar-refractivity contribution < 1.29 is 0 Å². The molecule has 2 rings (SSSR count). The maximum atomic E-state index is 3.88. The summed E-state index contributed by atoms with van der Waals surface area (Å²) in [5.74, 6) is 2.67. The molecule has 0 N–H and O–H groups in total. The molecule has 1 saturated heterocycles. The first-order valence-corrected chi connectivity index (χ1v) is 6.38. The van der Waals surface area contributed by atoms with Gasteiger partial charge in [-0.15, -0.1) is 6.58 Å². The lowest BCUT2D eigenvalue weighted by Gasteiger charge is -2.63. The lowest BCUT2D eigenvalue weighted by Crippen LogP contribution is -2.65. The Hall–Kier alpha value is -0.300. The first-order valence-electron chi connectivity index (χ1n) is 6.38. The molecule has 1 aliphatic carbocycles. The number of likely N-dealkylation sites (tertiary alicyclic amines) is 1. The average Bonchev–Trinajstić information content (AvgIpc) is 2.14. The van der Waals surface area contributed by atoms with E-state index in [1.165, 1.54) is 32.4 Å². The van der Waals surface area contributed by atoms with Gasteiger partial charge >= 0.3 is 0 Å². The molecule has 86 valence electrons. The summed E-state index contributed by atoms with van der Waals surface area (Å²) in [7, 11) is 2.25. The molecular formula is C14H25N. The minimum absolute atomic E-state index is 0.702. The minimum Gasteiger partial charge on any atom is -0.305 e. The fraction of sp³-hybridized carbons (Fsp3) is 0.857. The van der Waals surface area contributed by atoms with Gasteiger partial charge < -0.3 is 4.90 Å². The molecule has 0 aromatic rings. The molecule has 0 aromatic heterocycles. The van der Waals surface area contributed by atoms with Gasteiger partial charge in [0, 0.05) is 13.1 Å². The van der Waals surface area contributed by atoms with Gasteiger partial charge in [-0.25, -0.2) is 0 Å². The van der Waals surface area contributed by atoms with Crippen LogP contribution in [0.25, 0.3) is 0 Å². The van der Waals surface area contributed by atoms with Crippen molar-refractivity contribution in [1.82, 2.24) is 4.90 Å². The zero-order chi connectivity index (χ0) is 11.1. The van der Waals surface area contributed by atoms with Gasteiger partial charge in [0.05, 0.1) is 0 Å². The van der Waals surface area contributed by atoms with Crippen LogP contribution >= 0.6 is 0 Å². The van der Waals surface area contributed by atoms with E-state index in [1.807, 2.05) is 0 Å². The summed E-state index contributed by atoms with van der Waals surface area (Å²) in [6, 6.07) is 0. The molecule has 3 unspecified atom stereocenters. The van der Waals surface area contributed by atoms with Gasteiger partial charge in [-0.2, -0.15) is 0 Å². The summed E-state index contributed by atoms with van der Waals surface area (Å²) in [5.41, 5.74) is 0.731. The van der Waals surface area contributed by atoms with Crippen LogP contribution in [0.3, 0.4) is 0 Å². The molecule has 15 heavy (non-hydrogen) atoms. The average molecular weight is 207 g/mol. The molecule has 1 heterocycles. The molecule has 2 fully saturated rings. The molecule has 1 heteroatoms. The third-order valence-electron chi connectivity index (χ3n) is 4.71. The van der Waals surface area contributed by atoms with Crippen molar-refractivity contribution in [3.8, 4) is 0 Å². The van der Waals surface area contributed by atoms with Crippen LogP contribution in [-0.2, 0) is 0 Å². The van der Waals surface area contributed by atoms with Crippen molar-refractivity contribution in [3.05, 3.63) is 12.7 Å². The molecule has 0 amide bonds. The van der Waals surface area contributed by atoms with E-state index in [0.29, 0.717) is 5.92 Å². The molecular weight excluding hydrogens is 182 g/mol. The fourth-order valence-corrected chi connectivity index (χ4v) is 3.92. The van der Waals surface area contributed by atoms with Crippen LogP contribution in [0.15, 0.2) is 12.7 Å². The number of rotatable bonds is 4. The Morgan fingerprint density at radius 1 is 1.53 bits per heavy atom. The van der Waals surface area contributed by atoms with Crippen LogP contribution < -0.4 is 0 Å². The Kier molecular flexibility index (Phi) is 2.94. The van der Waals surface area contributed by atoms with Crippen molar-refractivity contribution in [2.45, 2.75) is 33.1 Å². The lowest BCUT2D eigenvalue weighted by molar-refractivity contribution is -0.143. The second kappa shape index (κ2) is 3.93. The van der Waals surface area contributed by atoms with Crippen molar-refractivity contribution >= 4 is 0 Å². The van der Waals surface area contributed by atoms with E-state index in [9.17, 15) is 0 Å². The summed E-state index contributed by atoms with van der Waals surface area (Å²) < 4.78 is 0. The topological polar surface area (TPSA) is 3.24 Å². The van der Waals surface area contributed by atoms with Gasteiger partial charge in [-0.3, -0.25) is 0 Å². The highest BCUT2D eigenvalue weighted by molar-refractivity contribution is 5.07. The van der Waals surface area contributed by atoms with Crippen molar-refractivity contribution in [2.24, 2.45) is 23.2 Å². The highest BCUT2D eigenvalue weighted by Crippen LogP contribution is 2.57. The monoisotopic (exact) mass is 207 g/mol. The molecule has 0 aromatic carbocycles. The van der Waals surface area contributed by atoms with Crippen LogP contribution in [0, 0.1) is 23.2 Å². The van der Waals surface area contributed by atoms with Gasteiger partial charge in [0.25, 0.3) is 0 Å². The van der Waals surface area contributed by atoms with Crippen molar-refractivity contribution in [3.63, 3.8) is 0 Å². The standard InChI is InChI=1S/C14H25N/c1-5-11(2)6-7-13-12(3)8-14(13)9-15(4)10-14/h5,11-13H,1,6-10H2,2-4H3. The van der Waals surface area contributed by atoms with E-state index >= 15 is 0 Å². The Balaban J connectivity index is 1.83. The van der Waals surface area contributed by atoms with Gasteiger partial charge in [-0.1, -0.05) is 19.9 Å². The Morgan fingerprint density at radius 2 is 2.20 bits per heavy atom. The third kappa shape index (κ3) is 1.87. The summed E-state index contributed by atoms with van der Waals surface area (Å²) in [6.45, 7) is 11.3. The molecule has 1 nitrogen and oxygen atoms in total. The predicted octanol–water partition coefficient (Wildman–Crippen LogP) is 3.18. The summed E-state index contributed by atoms with van der Waals surface area (Å²) in [5, 5.41) is 0. The molecule has 1 spiro atoms. The summed E-state index contributed by atoms with van der Waals surface area (Å²) >= 11 is 0. The minimum atomic E-state index is 0.702. The van der Waals surface area contributed by atoms with E-state index < -0.39 is 0 Å². The highest BCUT2D eigenvalue weighted by Gasteiger charge is 2.56. The van der Waals surface area contributed by atoms with E-state index in [1.54, 1.807) is 0 Å². The molecule has 2 aliphatic rings. The number of hydrogen-bond acceptors (Lipinski definition) is 1. The number of nitrogens with zero attached hydrogens (tertiary/aromatic N) is 1. The quantitative estimate of drug-likeness (QED) is 0.640. The second-order valence-corrected chi connectivity index (χ2v) is 6.11. The van der Waals surface area contributed by atoms with Gasteiger partial charge in [-0.05, 0) is 49.5 Å². The predicted molar refractivity (Wildman–Crippen MR) is 65.8 cm³/mol. The SMILES string of the molecule is C=CC(C)CCC1C(C)CC12CN(C)C2. The third-order valence-corrected chi connectivity index (χ3v) is 4.71. The zero-order valence-electron chi connectivity index (χ0n) is 10.5. The smallest absolute Gasteiger partial charge is 0.00503 e. The van der Waals surface area contributed by atoms with Crippen molar-refractivity contribution in [2.75, 3.05) is 20.1 Å². The first kappa shape index (κ1) is 11.2. The van der Waals surface area contributed by atoms with Gasteiger partial charge in [0.2, 0.25) is 0 Å². The Bertz CT molecular complexity index is 234. The van der Waals surface area contributed by atoms with Crippen LogP contribution in [0.5, 0.6) is 0 Å². The maximum absolute atomic E-state index is 3.88. The molecule has 3 atom stereocenters. The normalized spacial score (nSPS) is 35.7. The van der Waals surface area contributed by atoms with E-state index in [4.69, 9.17) is 0 Å².